The molecule has 1 aliphatic rings. The van der Waals surface area contributed by atoms with Crippen LogP contribution in [0.3, 0.4) is 0 Å². The van der Waals surface area contributed by atoms with E-state index in [4.69, 9.17) is 17.0 Å². The van der Waals surface area contributed by atoms with E-state index < -0.39 is 0 Å². The van der Waals surface area contributed by atoms with Gasteiger partial charge in [0.25, 0.3) is 0 Å². The monoisotopic (exact) mass is 314 g/mol. The van der Waals surface area contributed by atoms with Gasteiger partial charge < -0.3 is 4.74 Å². The third-order valence-electron chi connectivity index (χ3n) is 2.98. The van der Waals surface area contributed by atoms with E-state index in [0.717, 1.165) is 25.7 Å². The Labute approximate surface area is 161 Å². The Hall–Kier alpha value is 1.22. The van der Waals surface area contributed by atoms with Gasteiger partial charge in [0, 0.05) is 19.6 Å². The Morgan fingerprint density at radius 2 is 1.89 bits per heavy atom. The van der Waals surface area contributed by atoms with Gasteiger partial charge in [-0.2, -0.15) is 0 Å². The minimum atomic E-state index is -0.266. The average Bonchev–Trinajstić information content (AvgIpc) is 2.69. The molecule has 0 aromatic rings. The molecule has 98 valence electrons. The van der Waals surface area contributed by atoms with E-state index >= 15 is 0 Å². The number of carbonyl (C=O) groups excluding carboxylic acids is 2. The van der Waals surface area contributed by atoms with Gasteiger partial charge in [0.15, 0.2) is 10.2 Å². The number of esters is 1. The number of rotatable bonds is 4. The second kappa shape index (κ2) is 10.0. The average molecular weight is 315 g/mol. The van der Waals surface area contributed by atoms with E-state index in [2.05, 4.69) is 0 Å². The molecule has 0 radical (unpaired) electrons. The van der Waals surface area contributed by atoms with Crippen LogP contribution in [0.15, 0.2) is 0 Å². The van der Waals surface area contributed by atoms with Crippen LogP contribution in [0.5, 0.6) is 0 Å². The van der Waals surface area contributed by atoms with Crippen LogP contribution < -0.4 is 0 Å². The Morgan fingerprint density at radius 3 is 2.33 bits per heavy atom. The summed E-state index contributed by atoms with van der Waals surface area (Å²) >= 11 is 5.98. The standard InChI is InChI=1S/C12H18O3S2.K.H/c1-8(13)17-7-11(10-5-3-4-6-10)12(14)15-9(2)16;;/h10-11H,3-7H2,1-2H3;;. The zero-order valence-electron chi connectivity index (χ0n) is 10.2. The zero-order chi connectivity index (χ0) is 12.8. The first-order valence-electron chi connectivity index (χ1n) is 5.86. The summed E-state index contributed by atoms with van der Waals surface area (Å²) in [5, 5.41) is 0.297. The Kier molecular flexibility index (Phi) is 10.7. The summed E-state index contributed by atoms with van der Waals surface area (Å²) in [6.07, 6.45) is 4.43. The van der Waals surface area contributed by atoms with Crippen LogP contribution in [0.1, 0.15) is 39.5 Å². The van der Waals surface area contributed by atoms with Gasteiger partial charge in [0.1, 0.15) is 0 Å². The van der Waals surface area contributed by atoms with Crippen molar-refractivity contribution in [2.24, 2.45) is 11.8 Å². The molecule has 3 nitrogen and oxygen atoms in total. The van der Waals surface area contributed by atoms with Gasteiger partial charge in [-0.3, -0.25) is 9.59 Å². The fraction of sp³-hybridized carbons (Fsp3) is 0.750. The van der Waals surface area contributed by atoms with Crippen molar-refractivity contribution in [1.29, 1.82) is 0 Å². The maximum atomic E-state index is 11.9. The second-order valence-corrected chi connectivity index (χ2v) is 6.14. The van der Waals surface area contributed by atoms with E-state index in [1.54, 1.807) is 6.92 Å². The fourth-order valence-corrected chi connectivity index (χ4v) is 3.09. The van der Waals surface area contributed by atoms with Crippen molar-refractivity contribution in [3.05, 3.63) is 0 Å². The van der Waals surface area contributed by atoms with Gasteiger partial charge in [-0.05, 0) is 31.0 Å². The first-order chi connectivity index (χ1) is 8.00. The summed E-state index contributed by atoms with van der Waals surface area (Å²) in [6, 6.07) is 0. The molecule has 18 heavy (non-hydrogen) atoms. The van der Waals surface area contributed by atoms with Crippen molar-refractivity contribution in [2.45, 2.75) is 39.5 Å². The molecule has 0 aromatic carbocycles. The number of hydrogen-bond acceptors (Lipinski definition) is 5. The first-order valence-corrected chi connectivity index (χ1v) is 7.25. The molecule has 0 heterocycles. The molecule has 1 saturated carbocycles. The molecule has 1 fully saturated rings. The van der Waals surface area contributed by atoms with E-state index in [9.17, 15) is 9.59 Å². The maximum absolute atomic E-state index is 11.9. The molecule has 1 rings (SSSR count). The van der Waals surface area contributed by atoms with Crippen LogP contribution in [-0.2, 0) is 14.3 Å². The van der Waals surface area contributed by atoms with Crippen LogP contribution in [0, 0.1) is 11.8 Å². The molecule has 1 atom stereocenters. The number of thiocarbonyl (C=S) groups is 1. The Morgan fingerprint density at radius 1 is 1.33 bits per heavy atom. The normalized spacial score (nSPS) is 16.8. The molecule has 0 amide bonds. The molecule has 1 aliphatic carbocycles. The van der Waals surface area contributed by atoms with Gasteiger partial charge in [0.05, 0.1) is 5.92 Å². The molecule has 0 aromatic heterocycles. The van der Waals surface area contributed by atoms with Gasteiger partial charge in [-0.1, -0.05) is 24.6 Å². The summed E-state index contributed by atoms with van der Waals surface area (Å²) in [5.41, 5.74) is 0. The van der Waals surface area contributed by atoms with Gasteiger partial charge in [0.2, 0.25) is 0 Å². The van der Waals surface area contributed by atoms with Crippen molar-refractivity contribution in [3.63, 3.8) is 0 Å². The topological polar surface area (TPSA) is 43.4 Å². The fourth-order valence-electron chi connectivity index (χ4n) is 2.18. The summed E-state index contributed by atoms with van der Waals surface area (Å²) < 4.78 is 5.02. The molecule has 0 aliphatic heterocycles. The van der Waals surface area contributed by atoms with Crippen LogP contribution >= 0.6 is 24.0 Å². The van der Waals surface area contributed by atoms with Crippen molar-refractivity contribution in [1.82, 2.24) is 0 Å². The van der Waals surface area contributed by atoms with Crippen LogP contribution in [0.25, 0.3) is 0 Å². The molecule has 0 saturated heterocycles. The summed E-state index contributed by atoms with van der Waals surface area (Å²) in [6.45, 7) is 3.11. The van der Waals surface area contributed by atoms with Crippen LogP contribution in [-0.4, -0.2) is 73.3 Å². The minimum absolute atomic E-state index is 0. The van der Waals surface area contributed by atoms with Gasteiger partial charge >= 0.3 is 57.4 Å². The predicted octanol–water partition coefficient (Wildman–Crippen LogP) is 2.31. The molecule has 1 unspecified atom stereocenters. The van der Waals surface area contributed by atoms with Crippen molar-refractivity contribution >= 4 is 91.5 Å². The van der Waals surface area contributed by atoms with Crippen LogP contribution in [0.2, 0.25) is 0 Å². The molecular formula is C12H19KO3S2. The number of thioether (sulfide) groups is 1. The third-order valence-corrected chi connectivity index (χ3v) is 4.00. The van der Waals surface area contributed by atoms with E-state index in [0.29, 0.717) is 11.7 Å². The number of carbonyl (C=O) groups is 2. The molecular weight excluding hydrogens is 295 g/mol. The molecule has 0 N–H and O–H groups in total. The number of hydrogen-bond donors (Lipinski definition) is 0. The molecule has 0 spiro atoms. The van der Waals surface area contributed by atoms with Gasteiger partial charge in [-0.25, -0.2) is 0 Å². The van der Waals surface area contributed by atoms with E-state index in [1.165, 1.54) is 18.7 Å². The summed E-state index contributed by atoms with van der Waals surface area (Å²) in [4.78, 5) is 22.9. The Bertz CT molecular complexity index is 314. The first kappa shape index (κ1) is 19.2. The Balaban J connectivity index is 0.00000289. The van der Waals surface area contributed by atoms with Crippen molar-refractivity contribution in [2.75, 3.05) is 5.75 Å². The van der Waals surface area contributed by atoms with Crippen LogP contribution in [0.4, 0.5) is 0 Å². The third kappa shape index (κ3) is 7.12. The zero-order valence-corrected chi connectivity index (χ0v) is 11.9. The predicted molar refractivity (Wildman–Crippen MR) is 80.1 cm³/mol. The van der Waals surface area contributed by atoms with Crippen molar-refractivity contribution in [3.8, 4) is 0 Å². The summed E-state index contributed by atoms with van der Waals surface area (Å²) in [5.74, 6) is 0.410. The van der Waals surface area contributed by atoms with Crippen molar-refractivity contribution < 1.29 is 14.3 Å². The second-order valence-electron chi connectivity index (χ2n) is 4.37. The molecule has 0 bridgehead atoms. The SMILES string of the molecule is CC(=O)SCC(C(=O)OC(C)=S)C1CCCC1.[KH]. The molecule has 6 heteroatoms. The summed E-state index contributed by atoms with van der Waals surface area (Å²) in [7, 11) is 0. The number of ether oxygens (including phenoxy) is 1. The van der Waals surface area contributed by atoms with Gasteiger partial charge in [-0.15, -0.1) is 0 Å². The van der Waals surface area contributed by atoms with E-state index in [1.807, 2.05) is 0 Å². The quantitative estimate of drug-likeness (QED) is 0.452. The van der Waals surface area contributed by atoms with E-state index in [-0.39, 0.29) is 73.4 Å².